The van der Waals surface area contributed by atoms with E-state index >= 15 is 0 Å². The van der Waals surface area contributed by atoms with Gasteiger partial charge in [-0.1, -0.05) is 40.0 Å². The first kappa shape index (κ1) is 31.1. The summed E-state index contributed by atoms with van der Waals surface area (Å²) in [5.74, 6) is 0.663. The first-order chi connectivity index (χ1) is 18.6. The van der Waals surface area contributed by atoms with Gasteiger partial charge < -0.3 is 19.1 Å². The monoisotopic (exact) mass is 569 g/mol. The molecule has 1 aliphatic heterocycles. The van der Waals surface area contributed by atoms with Crippen molar-refractivity contribution in [3.8, 4) is 11.3 Å². The third kappa shape index (κ3) is 7.33. The Balaban J connectivity index is 1.77. The molecule has 1 aromatic carbocycles. The number of piperidine rings is 1. The molecule has 1 saturated carbocycles. The number of likely N-dealkylation sites (tertiary alicyclic amines) is 1. The minimum Gasteiger partial charge on any atom is -0.593 e. The molecule has 40 heavy (non-hydrogen) atoms. The fourth-order valence-corrected chi connectivity index (χ4v) is 7.52. The van der Waals surface area contributed by atoms with Crippen molar-refractivity contribution in [1.29, 1.82) is 0 Å². The van der Waals surface area contributed by atoms with Crippen LogP contribution in [-0.2, 0) is 23.3 Å². The molecular weight excluding hydrogens is 518 g/mol. The zero-order valence-corrected chi connectivity index (χ0v) is 26.8. The summed E-state index contributed by atoms with van der Waals surface area (Å²) in [5, 5.41) is 10.4. The molecule has 1 atom stereocenters. The van der Waals surface area contributed by atoms with Crippen LogP contribution in [0.1, 0.15) is 115 Å². The van der Waals surface area contributed by atoms with Gasteiger partial charge in [0.05, 0.1) is 28.1 Å². The number of benzene rings is 1. The van der Waals surface area contributed by atoms with Crippen LogP contribution in [0.25, 0.3) is 11.3 Å². The Morgan fingerprint density at radius 1 is 1.07 bits per heavy atom. The van der Waals surface area contributed by atoms with E-state index < -0.39 is 17.0 Å². The smallest absolute Gasteiger partial charge is 0.255 e. The second kappa shape index (κ2) is 11.8. The predicted octanol–water partition coefficient (Wildman–Crippen LogP) is 6.74. The number of amides is 1. The minimum atomic E-state index is -1.34. The van der Waals surface area contributed by atoms with E-state index in [1.54, 1.807) is 0 Å². The SMILES string of the molecule is Cc1c(C(=O)N2CCC(C)(O)CC2)cc(-c2ccc([S+]([O-])NC(C)(C)C)c(C(C)(C)C)c2)n1CC1CCCCC1. The highest BCUT2D eigenvalue weighted by Crippen LogP contribution is 2.37. The van der Waals surface area contributed by atoms with E-state index in [0.29, 0.717) is 31.8 Å². The maximum absolute atomic E-state index is 13.8. The van der Waals surface area contributed by atoms with Crippen LogP contribution in [0.4, 0.5) is 0 Å². The average Bonchev–Trinajstić information content (AvgIpc) is 3.18. The highest BCUT2D eigenvalue weighted by Gasteiger charge is 2.33. The molecule has 7 heteroatoms. The number of carbonyl (C=O) groups excluding carboxylic acids is 1. The normalized spacial score (nSPS) is 19.6. The van der Waals surface area contributed by atoms with Crippen LogP contribution >= 0.6 is 0 Å². The third-order valence-corrected chi connectivity index (χ3v) is 10.1. The van der Waals surface area contributed by atoms with Crippen LogP contribution < -0.4 is 4.72 Å². The van der Waals surface area contributed by atoms with Gasteiger partial charge in [-0.05, 0) is 101 Å². The van der Waals surface area contributed by atoms with Crippen LogP contribution in [0.5, 0.6) is 0 Å². The molecule has 0 bridgehead atoms. The summed E-state index contributed by atoms with van der Waals surface area (Å²) >= 11 is -1.34. The van der Waals surface area contributed by atoms with Gasteiger partial charge in [0.25, 0.3) is 5.91 Å². The highest BCUT2D eigenvalue weighted by atomic mass is 32.2. The molecular formula is C33H51N3O3S. The Kier molecular flexibility index (Phi) is 9.21. The molecule has 2 heterocycles. The largest absolute Gasteiger partial charge is 0.593 e. The first-order valence-corrected chi connectivity index (χ1v) is 16.3. The molecule has 1 unspecified atom stereocenters. The number of nitrogens with one attached hydrogen (secondary N) is 1. The highest BCUT2D eigenvalue weighted by molar-refractivity contribution is 7.89. The standard InChI is InChI=1S/C33H51N3O3S/c1-23-26(30(37)35-18-16-33(8,38)17-19-35)21-28(36(23)22-24-12-10-9-11-13-24)25-14-15-29(27(20-25)31(2,3)4)40(39)34-32(5,6)7/h14-15,20-21,24,34,38H,9-13,16-19,22H2,1-8H3. The molecule has 6 nitrogen and oxygen atoms in total. The summed E-state index contributed by atoms with van der Waals surface area (Å²) < 4.78 is 19.0. The van der Waals surface area contributed by atoms with Crippen molar-refractivity contribution < 1.29 is 14.5 Å². The predicted molar refractivity (Wildman–Crippen MR) is 165 cm³/mol. The van der Waals surface area contributed by atoms with Crippen molar-refractivity contribution in [1.82, 2.24) is 14.2 Å². The topological polar surface area (TPSA) is 80.6 Å². The fraction of sp³-hybridized carbons (Fsp3) is 0.667. The summed E-state index contributed by atoms with van der Waals surface area (Å²) in [6.45, 7) is 18.6. The van der Waals surface area contributed by atoms with Crippen molar-refractivity contribution in [2.45, 2.75) is 128 Å². The summed E-state index contributed by atoms with van der Waals surface area (Å²) in [6.07, 6.45) is 7.51. The molecule has 0 radical (unpaired) electrons. The zero-order chi connectivity index (χ0) is 29.5. The molecule has 1 aromatic heterocycles. The maximum atomic E-state index is 13.8. The molecule has 0 spiro atoms. The van der Waals surface area contributed by atoms with Gasteiger partial charge in [-0.25, -0.2) is 0 Å². The van der Waals surface area contributed by atoms with Gasteiger partial charge in [-0.15, -0.1) is 4.72 Å². The number of nitrogens with zero attached hydrogens (tertiary/aromatic N) is 2. The lowest BCUT2D eigenvalue weighted by Gasteiger charge is -2.35. The Hall–Kier alpha value is -1.80. The van der Waals surface area contributed by atoms with Crippen molar-refractivity contribution in [3.63, 3.8) is 0 Å². The van der Waals surface area contributed by atoms with Gasteiger partial charge in [0, 0.05) is 36.6 Å². The molecule has 2 aromatic rings. The molecule has 4 rings (SSSR count). The van der Waals surface area contributed by atoms with E-state index in [1.807, 2.05) is 38.7 Å². The quantitative estimate of drug-likeness (QED) is 0.378. The Morgan fingerprint density at radius 2 is 1.70 bits per heavy atom. The average molecular weight is 570 g/mol. The van der Waals surface area contributed by atoms with E-state index in [9.17, 15) is 14.5 Å². The summed E-state index contributed by atoms with van der Waals surface area (Å²) in [4.78, 5) is 16.5. The van der Waals surface area contributed by atoms with Gasteiger partial charge in [-0.2, -0.15) is 0 Å². The number of hydrogen-bond acceptors (Lipinski definition) is 4. The molecule has 1 aliphatic carbocycles. The molecule has 1 amide bonds. The van der Waals surface area contributed by atoms with Gasteiger partial charge in [-0.3, -0.25) is 4.79 Å². The van der Waals surface area contributed by atoms with E-state index in [4.69, 9.17) is 0 Å². The molecule has 2 fully saturated rings. The third-order valence-electron chi connectivity index (χ3n) is 8.57. The van der Waals surface area contributed by atoms with Crippen molar-refractivity contribution in [3.05, 3.63) is 41.1 Å². The lowest BCUT2D eigenvalue weighted by atomic mass is 9.85. The summed E-state index contributed by atoms with van der Waals surface area (Å²) in [7, 11) is 0. The Bertz CT molecular complexity index is 1190. The minimum absolute atomic E-state index is 0.0554. The first-order valence-electron chi connectivity index (χ1n) is 15.1. The summed E-state index contributed by atoms with van der Waals surface area (Å²) in [5.41, 5.74) is 3.75. The molecule has 222 valence electrons. The van der Waals surface area contributed by atoms with E-state index in [2.05, 4.69) is 55.2 Å². The van der Waals surface area contributed by atoms with Crippen molar-refractivity contribution in [2.24, 2.45) is 5.92 Å². The van der Waals surface area contributed by atoms with E-state index in [-0.39, 0.29) is 16.9 Å². The number of aromatic nitrogens is 1. The van der Waals surface area contributed by atoms with E-state index in [0.717, 1.165) is 39.5 Å². The second-order valence-corrected chi connectivity index (χ2v) is 15.7. The number of carbonyl (C=O) groups is 1. The van der Waals surface area contributed by atoms with Crippen LogP contribution in [-0.4, -0.2) is 49.3 Å². The van der Waals surface area contributed by atoms with Crippen molar-refractivity contribution >= 4 is 17.3 Å². The number of hydrogen-bond donors (Lipinski definition) is 2. The van der Waals surface area contributed by atoms with E-state index in [1.165, 1.54) is 32.1 Å². The van der Waals surface area contributed by atoms with Gasteiger partial charge >= 0.3 is 0 Å². The maximum Gasteiger partial charge on any atom is 0.255 e. The molecule has 2 N–H and O–H groups in total. The second-order valence-electron chi connectivity index (χ2n) is 14.5. The zero-order valence-electron chi connectivity index (χ0n) is 26.0. The Morgan fingerprint density at radius 3 is 2.27 bits per heavy atom. The summed E-state index contributed by atoms with van der Waals surface area (Å²) in [6, 6.07) is 8.35. The van der Waals surface area contributed by atoms with Gasteiger partial charge in [0.15, 0.2) is 4.90 Å². The van der Waals surface area contributed by atoms with Crippen LogP contribution in [0, 0.1) is 12.8 Å². The Labute approximate surface area is 245 Å². The molecule has 2 aliphatic rings. The van der Waals surface area contributed by atoms with Crippen LogP contribution in [0.3, 0.4) is 0 Å². The van der Waals surface area contributed by atoms with Gasteiger partial charge in [0.2, 0.25) is 0 Å². The fourth-order valence-electron chi connectivity index (χ4n) is 6.10. The lowest BCUT2D eigenvalue weighted by molar-refractivity contribution is -0.00205. The van der Waals surface area contributed by atoms with Crippen LogP contribution in [0.2, 0.25) is 0 Å². The molecule has 1 saturated heterocycles. The van der Waals surface area contributed by atoms with Gasteiger partial charge in [0.1, 0.15) is 0 Å². The van der Waals surface area contributed by atoms with Crippen LogP contribution in [0.15, 0.2) is 29.2 Å². The number of aliphatic hydroxyl groups is 1. The number of rotatable bonds is 6. The van der Waals surface area contributed by atoms with Crippen molar-refractivity contribution in [2.75, 3.05) is 13.1 Å². The lowest BCUT2D eigenvalue weighted by Crippen LogP contribution is -2.45.